The van der Waals surface area contributed by atoms with Crippen molar-refractivity contribution in [2.75, 3.05) is 38.0 Å². The van der Waals surface area contributed by atoms with Crippen LogP contribution in [0.3, 0.4) is 0 Å². The molecule has 148 valence electrons. The Kier molecular flexibility index (Phi) is 9.33. The van der Waals surface area contributed by atoms with E-state index in [0.29, 0.717) is 0 Å². The highest BCUT2D eigenvalue weighted by molar-refractivity contribution is 5.95. The summed E-state index contributed by atoms with van der Waals surface area (Å²) in [5, 5.41) is 3.34. The lowest BCUT2D eigenvalue weighted by Crippen LogP contribution is -2.48. The Labute approximate surface area is 178 Å². The number of benzene rings is 1. The first-order chi connectivity index (χ1) is 11.8. The molecule has 0 radical (unpaired) electrons. The van der Waals surface area contributed by atoms with E-state index in [4.69, 9.17) is 0 Å². The maximum atomic E-state index is 12.7. The molecule has 0 unspecified atom stereocenters. The minimum atomic E-state index is 0. The summed E-state index contributed by atoms with van der Waals surface area (Å²) in [5.41, 5.74) is 4.33. The van der Waals surface area contributed by atoms with Crippen LogP contribution < -0.4 is 5.32 Å². The third kappa shape index (κ3) is 5.48. The average molecular weight is 432 g/mol. The predicted molar refractivity (Wildman–Crippen MR) is 116 cm³/mol. The van der Waals surface area contributed by atoms with Gasteiger partial charge < -0.3 is 10.2 Å². The normalized spacial score (nSPS) is 15.5. The van der Waals surface area contributed by atoms with Crippen molar-refractivity contribution in [3.8, 4) is 0 Å². The maximum Gasteiger partial charge on any atom is 0.253 e. The van der Waals surface area contributed by atoms with Crippen LogP contribution in [0, 0.1) is 0 Å². The van der Waals surface area contributed by atoms with Crippen molar-refractivity contribution in [3.05, 3.63) is 59.4 Å². The molecular weight excluding hydrogens is 407 g/mol. The van der Waals surface area contributed by atoms with Gasteiger partial charge in [0.05, 0.1) is 5.69 Å². The maximum absolute atomic E-state index is 12.7. The van der Waals surface area contributed by atoms with Gasteiger partial charge in [0.25, 0.3) is 5.91 Å². The van der Waals surface area contributed by atoms with Crippen LogP contribution in [0.25, 0.3) is 0 Å². The number of carbonyl (C=O) groups is 1. The van der Waals surface area contributed by atoms with Gasteiger partial charge in [-0.15, -0.1) is 37.2 Å². The van der Waals surface area contributed by atoms with Crippen LogP contribution in [0.2, 0.25) is 0 Å². The summed E-state index contributed by atoms with van der Waals surface area (Å²) in [6.07, 6.45) is 2.84. The van der Waals surface area contributed by atoms with Crippen molar-refractivity contribution in [3.63, 3.8) is 0 Å². The molecular formula is C19H25Cl3N4O. The van der Waals surface area contributed by atoms with Gasteiger partial charge in [-0.3, -0.25) is 14.7 Å². The van der Waals surface area contributed by atoms with E-state index in [1.54, 1.807) is 0 Å². The van der Waals surface area contributed by atoms with Crippen LogP contribution in [0.15, 0.2) is 42.6 Å². The number of aromatic nitrogens is 1. The summed E-state index contributed by atoms with van der Waals surface area (Å²) >= 11 is 0. The number of halogens is 3. The SMILES string of the molecule is Cl.Cl.Cl.O=C(c1ccc2c(c1)CCN2)N1CCN(Cc2ccccn2)CC1. The fourth-order valence-electron chi connectivity index (χ4n) is 3.45. The number of amides is 1. The molecule has 3 heterocycles. The zero-order valence-corrected chi connectivity index (χ0v) is 17.4. The summed E-state index contributed by atoms with van der Waals surface area (Å²) in [5.74, 6) is 0.155. The molecule has 0 spiro atoms. The van der Waals surface area contributed by atoms with E-state index in [1.165, 1.54) is 11.3 Å². The number of nitrogens with one attached hydrogen (secondary N) is 1. The van der Waals surface area contributed by atoms with Crippen molar-refractivity contribution in [1.82, 2.24) is 14.8 Å². The van der Waals surface area contributed by atoms with Crippen molar-refractivity contribution in [1.29, 1.82) is 0 Å². The van der Waals surface area contributed by atoms with Gasteiger partial charge in [-0.05, 0) is 42.3 Å². The fourth-order valence-corrected chi connectivity index (χ4v) is 3.45. The minimum absolute atomic E-state index is 0. The Morgan fingerprint density at radius 3 is 2.52 bits per heavy atom. The van der Waals surface area contributed by atoms with E-state index in [1.807, 2.05) is 35.4 Å². The number of fused-ring (bicyclic) bond motifs is 1. The van der Waals surface area contributed by atoms with Gasteiger partial charge in [-0.1, -0.05) is 6.07 Å². The van der Waals surface area contributed by atoms with Crippen LogP contribution in [0.4, 0.5) is 5.69 Å². The van der Waals surface area contributed by atoms with Crippen LogP contribution in [-0.2, 0) is 13.0 Å². The van der Waals surface area contributed by atoms with E-state index in [2.05, 4.69) is 27.3 Å². The number of rotatable bonds is 3. The van der Waals surface area contributed by atoms with Gasteiger partial charge in [0.1, 0.15) is 0 Å². The topological polar surface area (TPSA) is 48.5 Å². The Hall–Kier alpha value is -1.53. The second-order valence-corrected chi connectivity index (χ2v) is 6.44. The zero-order chi connectivity index (χ0) is 16.4. The molecule has 4 rings (SSSR count). The molecule has 1 aromatic heterocycles. The van der Waals surface area contributed by atoms with Crippen molar-refractivity contribution in [2.45, 2.75) is 13.0 Å². The quantitative estimate of drug-likeness (QED) is 0.810. The van der Waals surface area contributed by atoms with Gasteiger partial charge in [-0.25, -0.2) is 0 Å². The number of carbonyl (C=O) groups excluding carboxylic acids is 1. The molecule has 0 bridgehead atoms. The first-order valence-electron chi connectivity index (χ1n) is 8.58. The van der Waals surface area contributed by atoms with Gasteiger partial charge in [-0.2, -0.15) is 0 Å². The molecule has 1 fully saturated rings. The minimum Gasteiger partial charge on any atom is -0.384 e. The summed E-state index contributed by atoms with van der Waals surface area (Å²) < 4.78 is 0. The average Bonchev–Trinajstić information content (AvgIpc) is 3.10. The summed E-state index contributed by atoms with van der Waals surface area (Å²) in [4.78, 5) is 21.4. The fraction of sp³-hybridized carbons (Fsp3) is 0.368. The van der Waals surface area contributed by atoms with Crippen molar-refractivity contribution < 1.29 is 4.79 Å². The highest BCUT2D eigenvalue weighted by Gasteiger charge is 2.23. The third-order valence-corrected chi connectivity index (χ3v) is 4.83. The summed E-state index contributed by atoms with van der Waals surface area (Å²) in [6, 6.07) is 12.0. The first-order valence-corrected chi connectivity index (χ1v) is 8.58. The highest BCUT2D eigenvalue weighted by Crippen LogP contribution is 2.24. The molecule has 1 saturated heterocycles. The second kappa shape index (κ2) is 10.7. The number of hydrogen-bond acceptors (Lipinski definition) is 4. The van der Waals surface area contributed by atoms with Crippen LogP contribution in [0.1, 0.15) is 21.6 Å². The van der Waals surface area contributed by atoms with Crippen LogP contribution in [-0.4, -0.2) is 53.4 Å². The standard InChI is InChI=1S/C19H22N4O.3ClH/c24-19(16-4-5-18-15(13-16)6-8-21-18)23-11-9-22(10-12-23)14-17-3-1-2-7-20-17;;;/h1-5,7,13,21H,6,8-12,14H2;3*1H. The lowest BCUT2D eigenvalue weighted by Gasteiger charge is -2.34. The van der Waals surface area contributed by atoms with E-state index >= 15 is 0 Å². The van der Waals surface area contributed by atoms with E-state index in [-0.39, 0.29) is 43.1 Å². The highest BCUT2D eigenvalue weighted by atomic mass is 35.5. The summed E-state index contributed by atoms with van der Waals surface area (Å²) in [6.45, 7) is 5.18. The zero-order valence-electron chi connectivity index (χ0n) is 15.0. The van der Waals surface area contributed by atoms with Gasteiger partial charge in [0.15, 0.2) is 0 Å². The molecule has 2 aromatic rings. The Bertz CT molecular complexity index is 737. The molecule has 5 nitrogen and oxygen atoms in total. The van der Waals surface area contributed by atoms with Gasteiger partial charge in [0.2, 0.25) is 0 Å². The van der Waals surface area contributed by atoms with Gasteiger partial charge >= 0.3 is 0 Å². The van der Waals surface area contributed by atoms with Crippen molar-refractivity contribution >= 4 is 48.8 Å². The molecule has 27 heavy (non-hydrogen) atoms. The third-order valence-electron chi connectivity index (χ3n) is 4.83. The predicted octanol–water partition coefficient (Wildman–Crippen LogP) is 3.27. The molecule has 2 aliphatic heterocycles. The number of piperazine rings is 1. The lowest BCUT2D eigenvalue weighted by atomic mass is 10.1. The monoisotopic (exact) mass is 430 g/mol. The Morgan fingerprint density at radius 1 is 1.04 bits per heavy atom. The van der Waals surface area contributed by atoms with Crippen LogP contribution >= 0.6 is 37.2 Å². The van der Waals surface area contributed by atoms with Crippen LogP contribution in [0.5, 0.6) is 0 Å². The first kappa shape index (κ1) is 23.5. The molecule has 0 aliphatic carbocycles. The number of pyridine rings is 1. The van der Waals surface area contributed by atoms with E-state index < -0.39 is 0 Å². The number of anilines is 1. The molecule has 1 amide bonds. The molecule has 0 saturated carbocycles. The smallest absolute Gasteiger partial charge is 0.253 e. The molecule has 2 aliphatic rings. The molecule has 1 aromatic carbocycles. The number of hydrogen-bond donors (Lipinski definition) is 1. The van der Waals surface area contributed by atoms with Gasteiger partial charge in [0, 0.05) is 56.7 Å². The summed E-state index contributed by atoms with van der Waals surface area (Å²) in [7, 11) is 0. The number of nitrogens with zero attached hydrogens (tertiary/aromatic N) is 3. The van der Waals surface area contributed by atoms with E-state index in [9.17, 15) is 4.79 Å². The Balaban J connectivity index is 0.00000121. The molecule has 0 atom stereocenters. The molecule has 8 heteroatoms. The largest absolute Gasteiger partial charge is 0.384 e. The lowest BCUT2D eigenvalue weighted by molar-refractivity contribution is 0.0627. The van der Waals surface area contributed by atoms with Crippen molar-refractivity contribution in [2.24, 2.45) is 0 Å². The second-order valence-electron chi connectivity index (χ2n) is 6.44. The van der Waals surface area contributed by atoms with E-state index in [0.717, 1.165) is 56.9 Å². The Morgan fingerprint density at radius 2 is 1.81 bits per heavy atom. The molecule has 1 N–H and O–H groups in total.